The number of aryl methyl sites for hydroxylation is 1. The Hall–Kier alpha value is -1.93. The molecule has 0 amide bonds. The van der Waals surface area contributed by atoms with Gasteiger partial charge in [0.1, 0.15) is 4.90 Å². The smallest absolute Gasteiger partial charge is 0.265 e. The van der Waals surface area contributed by atoms with E-state index in [2.05, 4.69) is 14.8 Å². The molecule has 2 heterocycles. The first-order valence-corrected chi connectivity index (χ1v) is 7.16. The van der Waals surface area contributed by atoms with Crippen LogP contribution in [-0.4, -0.2) is 29.7 Å². The Labute approximate surface area is 111 Å². The molecule has 0 atom stereocenters. The molecule has 19 heavy (non-hydrogen) atoms. The fourth-order valence-electron chi connectivity index (χ4n) is 1.56. The monoisotopic (exact) mass is 281 g/mol. The fraction of sp³-hybridized carbons (Fsp3) is 0.273. The molecule has 0 aliphatic heterocycles. The maximum Gasteiger partial charge on any atom is 0.265 e. The molecule has 8 heteroatoms. The highest BCUT2D eigenvalue weighted by atomic mass is 32.2. The molecule has 0 saturated carbocycles. The lowest BCUT2D eigenvalue weighted by molar-refractivity contribution is 0.599. The molecule has 0 aliphatic carbocycles. The summed E-state index contributed by atoms with van der Waals surface area (Å²) in [4.78, 5) is 4.03. The molecule has 0 saturated heterocycles. The van der Waals surface area contributed by atoms with Crippen LogP contribution < -0.4 is 10.5 Å². The summed E-state index contributed by atoms with van der Waals surface area (Å²) in [7, 11) is -3.64. The van der Waals surface area contributed by atoms with E-state index in [-0.39, 0.29) is 4.90 Å². The van der Waals surface area contributed by atoms with Gasteiger partial charge in [-0.2, -0.15) is 5.10 Å². The Kier molecular flexibility index (Phi) is 3.82. The van der Waals surface area contributed by atoms with Gasteiger partial charge < -0.3 is 5.73 Å². The Morgan fingerprint density at radius 2 is 2.16 bits per heavy atom. The molecule has 0 fully saturated rings. The van der Waals surface area contributed by atoms with Gasteiger partial charge in [-0.1, -0.05) is 0 Å². The molecule has 7 nitrogen and oxygen atoms in total. The SMILES string of the molecule is Cc1cncc(NS(=O)(=O)c2cnn(CCN)c2)c1. The van der Waals surface area contributed by atoms with E-state index < -0.39 is 10.0 Å². The number of anilines is 1. The quantitative estimate of drug-likeness (QED) is 0.823. The number of aromatic nitrogens is 3. The minimum absolute atomic E-state index is 0.0995. The first kappa shape index (κ1) is 13.5. The highest BCUT2D eigenvalue weighted by Gasteiger charge is 2.16. The topological polar surface area (TPSA) is 103 Å². The van der Waals surface area contributed by atoms with E-state index in [0.29, 0.717) is 18.8 Å². The van der Waals surface area contributed by atoms with E-state index in [1.54, 1.807) is 12.3 Å². The average Bonchev–Trinajstić information content (AvgIpc) is 2.78. The molecule has 0 bridgehead atoms. The van der Waals surface area contributed by atoms with E-state index in [9.17, 15) is 8.42 Å². The van der Waals surface area contributed by atoms with Crippen molar-refractivity contribution < 1.29 is 8.42 Å². The zero-order chi connectivity index (χ0) is 13.9. The number of rotatable bonds is 5. The summed E-state index contributed by atoms with van der Waals surface area (Å²) < 4.78 is 28.2. The summed E-state index contributed by atoms with van der Waals surface area (Å²) in [6.45, 7) is 2.71. The van der Waals surface area contributed by atoms with Gasteiger partial charge in [0.15, 0.2) is 0 Å². The van der Waals surface area contributed by atoms with Crippen LogP contribution in [0.5, 0.6) is 0 Å². The molecule has 2 aromatic rings. The van der Waals surface area contributed by atoms with Gasteiger partial charge in [0.25, 0.3) is 10.0 Å². The van der Waals surface area contributed by atoms with Crippen molar-refractivity contribution in [2.75, 3.05) is 11.3 Å². The number of nitrogens with zero attached hydrogens (tertiary/aromatic N) is 3. The summed E-state index contributed by atoms with van der Waals surface area (Å²) in [5, 5.41) is 3.93. The van der Waals surface area contributed by atoms with Crippen LogP contribution in [-0.2, 0) is 16.6 Å². The van der Waals surface area contributed by atoms with Crippen molar-refractivity contribution >= 4 is 15.7 Å². The van der Waals surface area contributed by atoms with Gasteiger partial charge in [-0.15, -0.1) is 0 Å². The second-order valence-electron chi connectivity index (χ2n) is 4.08. The molecular weight excluding hydrogens is 266 g/mol. The summed E-state index contributed by atoms with van der Waals surface area (Å²) in [6.07, 6.45) is 5.84. The van der Waals surface area contributed by atoms with Crippen molar-refractivity contribution in [1.29, 1.82) is 0 Å². The molecule has 2 rings (SSSR count). The van der Waals surface area contributed by atoms with Gasteiger partial charge in [-0.25, -0.2) is 8.42 Å². The van der Waals surface area contributed by atoms with Crippen LogP contribution in [0.3, 0.4) is 0 Å². The third-order valence-corrected chi connectivity index (χ3v) is 3.74. The van der Waals surface area contributed by atoms with Gasteiger partial charge in [0, 0.05) is 18.9 Å². The maximum atomic E-state index is 12.1. The van der Waals surface area contributed by atoms with E-state index >= 15 is 0 Å². The Morgan fingerprint density at radius 3 is 2.84 bits per heavy atom. The zero-order valence-corrected chi connectivity index (χ0v) is 11.3. The third kappa shape index (κ3) is 3.30. The first-order chi connectivity index (χ1) is 9.01. The summed E-state index contributed by atoms with van der Waals surface area (Å²) >= 11 is 0. The number of nitrogens with two attached hydrogens (primary N) is 1. The molecule has 102 valence electrons. The molecule has 0 spiro atoms. The normalized spacial score (nSPS) is 11.5. The van der Waals surface area contributed by atoms with E-state index in [1.165, 1.54) is 23.3 Å². The molecule has 0 aliphatic rings. The van der Waals surface area contributed by atoms with Gasteiger partial charge >= 0.3 is 0 Å². The second-order valence-corrected chi connectivity index (χ2v) is 5.77. The zero-order valence-electron chi connectivity index (χ0n) is 10.4. The Morgan fingerprint density at radius 1 is 1.37 bits per heavy atom. The van der Waals surface area contributed by atoms with Crippen molar-refractivity contribution in [1.82, 2.24) is 14.8 Å². The van der Waals surface area contributed by atoms with E-state index in [0.717, 1.165) is 5.56 Å². The number of hydrogen-bond donors (Lipinski definition) is 2. The minimum atomic E-state index is -3.64. The van der Waals surface area contributed by atoms with Crippen LogP contribution in [0.1, 0.15) is 5.56 Å². The maximum absolute atomic E-state index is 12.1. The molecule has 2 aromatic heterocycles. The lowest BCUT2D eigenvalue weighted by Gasteiger charge is -2.06. The highest BCUT2D eigenvalue weighted by molar-refractivity contribution is 7.92. The lowest BCUT2D eigenvalue weighted by Crippen LogP contribution is -2.13. The number of nitrogens with one attached hydrogen (secondary N) is 1. The lowest BCUT2D eigenvalue weighted by atomic mass is 10.3. The van der Waals surface area contributed by atoms with Crippen molar-refractivity contribution in [3.63, 3.8) is 0 Å². The molecule has 3 N–H and O–H groups in total. The van der Waals surface area contributed by atoms with Gasteiger partial charge in [0.05, 0.1) is 24.6 Å². The molecule has 0 aromatic carbocycles. The highest BCUT2D eigenvalue weighted by Crippen LogP contribution is 2.15. The van der Waals surface area contributed by atoms with E-state index in [1.807, 2.05) is 6.92 Å². The summed E-state index contributed by atoms with van der Waals surface area (Å²) in [5.74, 6) is 0. The number of hydrogen-bond acceptors (Lipinski definition) is 5. The minimum Gasteiger partial charge on any atom is -0.329 e. The average molecular weight is 281 g/mol. The molecule has 0 radical (unpaired) electrons. The standard InChI is InChI=1S/C11H15N5O2S/c1-9-4-10(6-13-5-9)15-19(17,18)11-7-14-16(8-11)3-2-12/h4-8,15H,2-3,12H2,1H3. The van der Waals surface area contributed by atoms with Crippen molar-refractivity contribution in [3.8, 4) is 0 Å². The predicted molar refractivity (Wildman–Crippen MR) is 71.1 cm³/mol. The first-order valence-electron chi connectivity index (χ1n) is 5.68. The van der Waals surface area contributed by atoms with Crippen molar-refractivity contribution in [3.05, 3.63) is 36.4 Å². The molecular formula is C11H15N5O2S. The molecule has 0 unspecified atom stereocenters. The Balaban J connectivity index is 2.22. The predicted octanol–water partition coefficient (Wildman–Crippen LogP) is 0.346. The van der Waals surface area contributed by atoms with Gasteiger partial charge in [-0.3, -0.25) is 14.4 Å². The van der Waals surface area contributed by atoms with Crippen LogP contribution in [0, 0.1) is 6.92 Å². The fourth-order valence-corrected chi connectivity index (χ4v) is 2.55. The number of pyridine rings is 1. The number of sulfonamides is 1. The van der Waals surface area contributed by atoms with Gasteiger partial charge in [0.2, 0.25) is 0 Å². The third-order valence-electron chi connectivity index (χ3n) is 2.41. The summed E-state index contributed by atoms with van der Waals surface area (Å²) in [6, 6.07) is 1.70. The summed E-state index contributed by atoms with van der Waals surface area (Å²) in [5.41, 5.74) is 6.68. The van der Waals surface area contributed by atoms with Crippen LogP contribution in [0.15, 0.2) is 35.7 Å². The largest absolute Gasteiger partial charge is 0.329 e. The van der Waals surface area contributed by atoms with Crippen LogP contribution >= 0.6 is 0 Å². The van der Waals surface area contributed by atoms with Crippen LogP contribution in [0.4, 0.5) is 5.69 Å². The van der Waals surface area contributed by atoms with Gasteiger partial charge in [-0.05, 0) is 18.6 Å². The van der Waals surface area contributed by atoms with E-state index in [4.69, 9.17) is 5.73 Å². The van der Waals surface area contributed by atoms with Crippen molar-refractivity contribution in [2.45, 2.75) is 18.4 Å². The van der Waals surface area contributed by atoms with Crippen LogP contribution in [0.2, 0.25) is 0 Å². The Bertz CT molecular complexity index is 665. The second kappa shape index (κ2) is 5.37. The van der Waals surface area contributed by atoms with Crippen LogP contribution in [0.25, 0.3) is 0 Å². The van der Waals surface area contributed by atoms with Crippen molar-refractivity contribution in [2.24, 2.45) is 5.73 Å².